The molecule has 1 aromatic carbocycles. The van der Waals surface area contributed by atoms with Crippen LogP contribution in [0, 0.1) is 0 Å². The lowest BCUT2D eigenvalue weighted by molar-refractivity contribution is 0.0949. The van der Waals surface area contributed by atoms with Crippen LogP contribution in [0.1, 0.15) is 10.4 Å². The Bertz CT molecular complexity index is 666. The fourth-order valence-corrected chi connectivity index (χ4v) is 1.83. The first kappa shape index (κ1) is 11.4. The minimum Gasteiger partial charge on any atom is -0.506 e. The van der Waals surface area contributed by atoms with E-state index in [9.17, 15) is 14.7 Å². The quantitative estimate of drug-likeness (QED) is 0.337. The number of halogens is 1. The number of nitrogens with one attached hydrogen (secondary N) is 2. The lowest BCUT2D eigenvalue weighted by atomic mass is 10.1. The summed E-state index contributed by atoms with van der Waals surface area (Å²) in [5.74, 6) is 3.56. The maximum Gasteiger partial charge on any atom is 0.274 e. The predicted molar refractivity (Wildman–Crippen MR) is 62.9 cm³/mol. The molecule has 0 fully saturated rings. The Morgan fingerprint density at radius 1 is 1.47 bits per heavy atom. The van der Waals surface area contributed by atoms with Crippen LogP contribution in [0.3, 0.4) is 0 Å². The second-order valence-electron chi connectivity index (χ2n) is 3.31. The Morgan fingerprint density at radius 2 is 2.18 bits per heavy atom. The van der Waals surface area contributed by atoms with Gasteiger partial charge in [-0.3, -0.25) is 15.0 Å². The van der Waals surface area contributed by atoms with Gasteiger partial charge in [0.05, 0.1) is 15.9 Å². The van der Waals surface area contributed by atoms with E-state index < -0.39 is 22.8 Å². The molecule has 17 heavy (non-hydrogen) atoms. The SMILES string of the molecule is NNC(=O)c1c(O)c2c(Cl)cccc2[nH]c1=O. The minimum atomic E-state index is -0.884. The van der Waals surface area contributed by atoms with Gasteiger partial charge in [-0.05, 0) is 12.1 Å². The molecule has 0 radical (unpaired) electrons. The Morgan fingerprint density at radius 3 is 2.82 bits per heavy atom. The molecule has 0 aliphatic carbocycles. The van der Waals surface area contributed by atoms with Crippen LogP contribution < -0.4 is 16.8 Å². The summed E-state index contributed by atoms with van der Waals surface area (Å²) in [5, 5.41) is 10.3. The third-order valence-electron chi connectivity index (χ3n) is 2.32. The number of amides is 1. The number of carbonyl (C=O) groups is 1. The lowest BCUT2D eigenvalue weighted by Crippen LogP contribution is -2.34. The van der Waals surface area contributed by atoms with Crippen LogP contribution in [0.25, 0.3) is 10.9 Å². The molecule has 0 aliphatic rings. The van der Waals surface area contributed by atoms with Crippen molar-refractivity contribution in [3.05, 3.63) is 39.1 Å². The van der Waals surface area contributed by atoms with Gasteiger partial charge in [0.1, 0.15) is 11.3 Å². The number of hydrogen-bond acceptors (Lipinski definition) is 4. The lowest BCUT2D eigenvalue weighted by Gasteiger charge is -2.07. The van der Waals surface area contributed by atoms with Gasteiger partial charge in [-0.15, -0.1) is 0 Å². The third kappa shape index (κ3) is 1.73. The van der Waals surface area contributed by atoms with Crippen molar-refractivity contribution >= 4 is 28.4 Å². The number of pyridine rings is 1. The molecule has 88 valence electrons. The van der Waals surface area contributed by atoms with Gasteiger partial charge in [0.15, 0.2) is 0 Å². The van der Waals surface area contributed by atoms with Gasteiger partial charge in [0.2, 0.25) is 0 Å². The van der Waals surface area contributed by atoms with Gasteiger partial charge in [0, 0.05) is 0 Å². The van der Waals surface area contributed by atoms with Crippen LogP contribution in [0.15, 0.2) is 23.0 Å². The molecule has 0 spiro atoms. The van der Waals surface area contributed by atoms with Crippen molar-refractivity contribution in [1.29, 1.82) is 0 Å². The molecular weight excluding hydrogens is 246 g/mol. The molecule has 2 rings (SSSR count). The predicted octanol–water partition coefficient (Wildman–Crippen LogP) is 0.491. The number of fused-ring (bicyclic) bond motifs is 1. The molecule has 1 aromatic heterocycles. The molecule has 0 saturated heterocycles. The highest BCUT2D eigenvalue weighted by atomic mass is 35.5. The first-order valence-electron chi connectivity index (χ1n) is 4.60. The fraction of sp³-hybridized carbons (Fsp3) is 0. The molecule has 7 heteroatoms. The zero-order chi connectivity index (χ0) is 12.6. The van der Waals surface area contributed by atoms with E-state index in [4.69, 9.17) is 17.4 Å². The summed E-state index contributed by atoms with van der Waals surface area (Å²) < 4.78 is 0. The van der Waals surface area contributed by atoms with Gasteiger partial charge in [-0.25, -0.2) is 5.84 Å². The summed E-state index contributed by atoms with van der Waals surface area (Å²) in [6, 6.07) is 4.71. The summed E-state index contributed by atoms with van der Waals surface area (Å²) >= 11 is 5.89. The molecule has 0 bridgehead atoms. The first-order chi connectivity index (χ1) is 8.06. The van der Waals surface area contributed by atoms with E-state index in [2.05, 4.69) is 4.98 Å². The zero-order valence-corrected chi connectivity index (χ0v) is 9.21. The van der Waals surface area contributed by atoms with Crippen LogP contribution in [0.4, 0.5) is 0 Å². The topological polar surface area (TPSA) is 108 Å². The highest BCUT2D eigenvalue weighted by molar-refractivity contribution is 6.36. The number of hydrogen-bond donors (Lipinski definition) is 4. The fourth-order valence-electron chi connectivity index (χ4n) is 1.57. The minimum absolute atomic E-state index is 0.201. The molecule has 2 aromatic rings. The Labute approximate surface area is 100.0 Å². The van der Waals surface area contributed by atoms with E-state index in [1.54, 1.807) is 17.6 Å². The van der Waals surface area contributed by atoms with Crippen LogP contribution >= 0.6 is 11.6 Å². The molecule has 5 N–H and O–H groups in total. The number of rotatable bonds is 1. The summed E-state index contributed by atoms with van der Waals surface area (Å²) in [7, 11) is 0. The third-order valence-corrected chi connectivity index (χ3v) is 2.64. The highest BCUT2D eigenvalue weighted by Gasteiger charge is 2.19. The normalized spacial score (nSPS) is 10.5. The second kappa shape index (κ2) is 4.08. The van der Waals surface area contributed by atoms with Crippen molar-refractivity contribution in [3.63, 3.8) is 0 Å². The summed E-state index contributed by atoms with van der Waals surface area (Å²) in [6.45, 7) is 0. The smallest absolute Gasteiger partial charge is 0.274 e. The number of benzene rings is 1. The molecular formula is C10H8ClN3O3. The number of nitrogens with two attached hydrogens (primary N) is 1. The molecule has 0 saturated carbocycles. The van der Waals surface area contributed by atoms with Crippen molar-refractivity contribution in [2.24, 2.45) is 5.84 Å². The Kier molecular flexibility index (Phi) is 2.74. The van der Waals surface area contributed by atoms with Gasteiger partial charge < -0.3 is 10.1 Å². The van der Waals surface area contributed by atoms with Gasteiger partial charge in [0.25, 0.3) is 11.5 Å². The number of aromatic hydroxyl groups is 1. The number of aromatic amines is 1. The van der Waals surface area contributed by atoms with Crippen molar-refractivity contribution in [1.82, 2.24) is 10.4 Å². The molecule has 0 unspecified atom stereocenters. The van der Waals surface area contributed by atoms with E-state index in [1.165, 1.54) is 6.07 Å². The van der Waals surface area contributed by atoms with E-state index >= 15 is 0 Å². The van der Waals surface area contributed by atoms with Crippen molar-refractivity contribution in [3.8, 4) is 5.75 Å². The van der Waals surface area contributed by atoms with E-state index in [-0.39, 0.29) is 10.4 Å². The monoisotopic (exact) mass is 253 g/mol. The zero-order valence-electron chi connectivity index (χ0n) is 8.45. The number of H-pyrrole nitrogens is 1. The maximum absolute atomic E-state index is 11.6. The summed E-state index contributed by atoms with van der Waals surface area (Å²) in [5.41, 5.74) is 0.926. The number of carbonyl (C=O) groups excluding carboxylic acids is 1. The molecule has 0 atom stereocenters. The van der Waals surface area contributed by atoms with E-state index in [0.29, 0.717) is 5.52 Å². The molecule has 6 nitrogen and oxygen atoms in total. The number of hydrazine groups is 1. The number of aromatic nitrogens is 1. The highest BCUT2D eigenvalue weighted by Crippen LogP contribution is 2.30. The van der Waals surface area contributed by atoms with Crippen molar-refractivity contribution < 1.29 is 9.90 Å². The van der Waals surface area contributed by atoms with E-state index in [0.717, 1.165) is 0 Å². The largest absolute Gasteiger partial charge is 0.506 e. The van der Waals surface area contributed by atoms with Crippen LogP contribution in [0.5, 0.6) is 5.75 Å². The average molecular weight is 254 g/mol. The van der Waals surface area contributed by atoms with Gasteiger partial charge in [-0.1, -0.05) is 17.7 Å². The molecule has 1 heterocycles. The van der Waals surface area contributed by atoms with Gasteiger partial charge in [-0.2, -0.15) is 0 Å². The maximum atomic E-state index is 11.6. The summed E-state index contributed by atoms with van der Waals surface area (Å²) in [6.07, 6.45) is 0. The van der Waals surface area contributed by atoms with Crippen LogP contribution in [0.2, 0.25) is 5.02 Å². The molecule has 0 aliphatic heterocycles. The average Bonchev–Trinajstić information content (AvgIpc) is 2.28. The standard InChI is InChI=1S/C10H8ClN3O3/c11-4-2-1-3-5-6(4)8(15)7(9(16)13-5)10(17)14-12/h1-3H,12H2,(H,14,17)(H2,13,15,16). The van der Waals surface area contributed by atoms with Crippen LogP contribution in [-0.4, -0.2) is 16.0 Å². The summed E-state index contributed by atoms with van der Waals surface area (Å²) in [4.78, 5) is 25.4. The van der Waals surface area contributed by atoms with Crippen LogP contribution in [-0.2, 0) is 0 Å². The van der Waals surface area contributed by atoms with Gasteiger partial charge >= 0.3 is 0 Å². The first-order valence-corrected chi connectivity index (χ1v) is 4.98. The Hall–Kier alpha value is -2.05. The second-order valence-corrected chi connectivity index (χ2v) is 3.72. The van der Waals surface area contributed by atoms with Crippen molar-refractivity contribution in [2.75, 3.05) is 0 Å². The molecule has 1 amide bonds. The van der Waals surface area contributed by atoms with Crippen molar-refractivity contribution in [2.45, 2.75) is 0 Å². The van der Waals surface area contributed by atoms with E-state index in [1.807, 2.05) is 0 Å². The Balaban J connectivity index is 2.93. The number of nitrogen functional groups attached to an aromatic ring is 1.